The Bertz CT molecular complexity index is 834. The Hall–Kier alpha value is -2.34. The highest BCUT2D eigenvalue weighted by atomic mass is 35.5. The predicted octanol–water partition coefficient (Wildman–Crippen LogP) is 5.05. The van der Waals surface area contributed by atoms with Gasteiger partial charge in [0.2, 0.25) is 5.28 Å². The lowest BCUT2D eigenvalue weighted by atomic mass is 10.2. The molecule has 0 aliphatic carbocycles. The number of anilines is 2. The molecular weight excluding hydrogens is 315 g/mol. The summed E-state index contributed by atoms with van der Waals surface area (Å²) in [5.74, 6) is 0.356. The highest BCUT2D eigenvalue weighted by Crippen LogP contribution is 2.32. The zero-order chi connectivity index (χ0) is 15.7. The average molecular weight is 324 g/mol. The predicted molar refractivity (Wildman–Crippen MR) is 79.3 cm³/mol. The van der Waals surface area contributed by atoms with Gasteiger partial charge >= 0.3 is 6.18 Å². The van der Waals surface area contributed by atoms with E-state index in [4.69, 9.17) is 11.6 Å². The monoisotopic (exact) mass is 323 g/mol. The van der Waals surface area contributed by atoms with Crippen molar-refractivity contribution in [2.24, 2.45) is 0 Å². The van der Waals surface area contributed by atoms with Gasteiger partial charge in [-0.15, -0.1) is 0 Å². The van der Waals surface area contributed by atoms with Crippen LogP contribution >= 0.6 is 11.6 Å². The molecule has 0 aliphatic rings. The van der Waals surface area contributed by atoms with Crippen molar-refractivity contribution in [2.45, 2.75) is 6.18 Å². The molecule has 0 bridgehead atoms. The summed E-state index contributed by atoms with van der Waals surface area (Å²) in [7, 11) is 0. The largest absolute Gasteiger partial charge is 0.416 e. The van der Waals surface area contributed by atoms with Crippen molar-refractivity contribution in [3.63, 3.8) is 0 Å². The van der Waals surface area contributed by atoms with Crippen LogP contribution in [0.25, 0.3) is 10.9 Å². The first-order valence-electron chi connectivity index (χ1n) is 6.30. The van der Waals surface area contributed by atoms with Crippen molar-refractivity contribution in [3.8, 4) is 0 Å². The highest BCUT2D eigenvalue weighted by molar-refractivity contribution is 6.28. The Morgan fingerprint density at radius 3 is 2.50 bits per heavy atom. The SMILES string of the molecule is FC(F)(F)c1cccc(Nc2nc(Cl)nc3ccccc23)c1. The van der Waals surface area contributed by atoms with Gasteiger partial charge in [-0.25, -0.2) is 4.98 Å². The summed E-state index contributed by atoms with van der Waals surface area (Å²) in [4.78, 5) is 8.12. The van der Waals surface area contributed by atoms with Gasteiger partial charge in [0.1, 0.15) is 5.82 Å². The fraction of sp³-hybridized carbons (Fsp3) is 0.0667. The summed E-state index contributed by atoms with van der Waals surface area (Å²) in [6, 6.07) is 12.0. The summed E-state index contributed by atoms with van der Waals surface area (Å²) >= 11 is 5.85. The number of hydrogen-bond acceptors (Lipinski definition) is 3. The molecule has 2 aromatic carbocycles. The molecule has 1 heterocycles. The van der Waals surface area contributed by atoms with Crippen molar-refractivity contribution in [3.05, 3.63) is 59.4 Å². The molecule has 3 rings (SSSR count). The van der Waals surface area contributed by atoms with E-state index in [-0.39, 0.29) is 11.0 Å². The van der Waals surface area contributed by atoms with Gasteiger partial charge in [0.05, 0.1) is 11.1 Å². The fourth-order valence-corrected chi connectivity index (χ4v) is 2.23. The zero-order valence-corrected chi connectivity index (χ0v) is 11.8. The molecule has 0 unspecified atom stereocenters. The lowest BCUT2D eigenvalue weighted by Gasteiger charge is -2.11. The second-order valence-electron chi connectivity index (χ2n) is 4.56. The van der Waals surface area contributed by atoms with Crippen LogP contribution in [0.1, 0.15) is 5.56 Å². The Labute approximate surface area is 128 Å². The van der Waals surface area contributed by atoms with Crippen LogP contribution in [0.3, 0.4) is 0 Å². The quantitative estimate of drug-likeness (QED) is 0.671. The number of rotatable bonds is 2. The fourth-order valence-electron chi connectivity index (χ4n) is 2.05. The number of fused-ring (bicyclic) bond motifs is 1. The Kier molecular flexibility index (Phi) is 3.62. The molecule has 0 saturated carbocycles. The molecule has 3 nitrogen and oxygen atoms in total. The van der Waals surface area contributed by atoms with E-state index in [9.17, 15) is 13.2 Å². The van der Waals surface area contributed by atoms with Crippen LogP contribution in [0, 0.1) is 0 Å². The smallest absolute Gasteiger partial charge is 0.340 e. The van der Waals surface area contributed by atoms with E-state index in [2.05, 4.69) is 15.3 Å². The van der Waals surface area contributed by atoms with Gasteiger partial charge in [-0.3, -0.25) is 0 Å². The van der Waals surface area contributed by atoms with Crippen molar-refractivity contribution >= 4 is 34.0 Å². The summed E-state index contributed by atoms with van der Waals surface area (Å²) in [5.41, 5.74) is 0.147. The number of para-hydroxylation sites is 1. The molecule has 0 aliphatic heterocycles. The third kappa shape index (κ3) is 2.96. The molecule has 7 heteroatoms. The first kappa shape index (κ1) is 14.6. The Morgan fingerprint density at radius 1 is 0.955 bits per heavy atom. The maximum atomic E-state index is 12.7. The van der Waals surface area contributed by atoms with Gasteiger partial charge in [-0.2, -0.15) is 18.2 Å². The number of nitrogens with zero attached hydrogens (tertiary/aromatic N) is 2. The number of benzene rings is 2. The summed E-state index contributed by atoms with van der Waals surface area (Å²) < 4.78 is 38.2. The van der Waals surface area contributed by atoms with Gasteiger partial charge in [0.15, 0.2) is 0 Å². The topological polar surface area (TPSA) is 37.8 Å². The van der Waals surface area contributed by atoms with E-state index in [1.54, 1.807) is 24.3 Å². The van der Waals surface area contributed by atoms with Crippen molar-refractivity contribution in [2.75, 3.05) is 5.32 Å². The first-order chi connectivity index (χ1) is 10.4. The van der Waals surface area contributed by atoms with Crippen molar-refractivity contribution < 1.29 is 13.2 Å². The van der Waals surface area contributed by atoms with Crippen LogP contribution in [0.15, 0.2) is 48.5 Å². The standard InChI is InChI=1S/C15H9ClF3N3/c16-14-21-12-7-2-1-6-11(12)13(22-14)20-10-5-3-4-9(8-10)15(17,18)19/h1-8H,(H,20,21,22). The minimum absolute atomic E-state index is 0.0215. The molecule has 22 heavy (non-hydrogen) atoms. The molecule has 3 aromatic rings. The van der Waals surface area contributed by atoms with E-state index < -0.39 is 11.7 Å². The maximum Gasteiger partial charge on any atom is 0.416 e. The van der Waals surface area contributed by atoms with Crippen LogP contribution in [0.4, 0.5) is 24.7 Å². The van der Waals surface area contributed by atoms with Gasteiger partial charge in [0.25, 0.3) is 0 Å². The summed E-state index contributed by atoms with van der Waals surface area (Å²) in [5, 5.41) is 3.56. The third-order valence-corrected chi connectivity index (χ3v) is 3.20. The first-order valence-corrected chi connectivity index (χ1v) is 6.68. The second kappa shape index (κ2) is 5.46. The van der Waals surface area contributed by atoms with Crippen LogP contribution in [-0.4, -0.2) is 9.97 Å². The molecule has 1 aromatic heterocycles. The third-order valence-electron chi connectivity index (χ3n) is 3.03. The number of nitrogens with one attached hydrogen (secondary N) is 1. The van der Waals surface area contributed by atoms with Crippen LogP contribution in [0.2, 0.25) is 5.28 Å². The lowest BCUT2D eigenvalue weighted by Crippen LogP contribution is -2.05. The van der Waals surface area contributed by atoms with E-state index in [1.165, 1.54) is 12.1 Å². The van der Waals surface area contributed by atoms with E-state index in [0.717, 1.165) is 12.1 Å². The molecule has 0 radical (unpaired) electrons. The molecule has 0 atom stereocenters. The van der Waals surface area contributed by atoms with E-state index in [0.29, 0.717) is 16.7 Å². The van der Waals surface area contributed by atoms with Crippen LogP contribution in [0.5, 0.6) is 0 Å². The number of aromatic nitrogens is 2. The molecule has 0 saturated heterocycles. The number of alkyl halides is 3. The highest BCUT2D eigenvalue weighted by Gasteiger charge is 2.30. The zero-order valence-electron chi connectivity index (χ0n) is 11.0. The minimum Gasteiger partial charge on any atom is -0.340 e. The Balaban J connectivity index is 2.04. The molecule has 112 valence electrons. The van der Waals surface area contributed by atoms with Gasteiger partial charge < -0.3 is 5.32 Å². The van der Waals surface area contributed by atoms with Gasteiger partial charge in [-0.1, -0.05) is 18.2 Å². The van der Waals surface area contributed by atoms with Crippen LogP contribution in [-0.2, 0) is 6.18 Å². The number of halogens is 4. The second-order valence-corrected chi connectivity index (χ2v) is 4.90. The minimum atomic E-state index is -4.40. The van der Waals surface area contributed by atoms with Crippen molar-refractivity contribution in [1.82, 2.24) is 9.97 Å². The van der Waals surface area contributed by atoms with Crippen LogP contribution < -0.4 is 5.32 Å². The molecular formula is C15H9ClF3N3. The van der Waals surface area contributed by atoms with Gasteiger partial charge in [-0.05, 0) is 41.9 Å². The molecule has 0 fully saturated rings. The number of hydrogen-bond donors (Lipinski definition) is 1. The lowest BCUT2D eigenvalue weighted by molar-refractivity contribution is -0.137. The van der Waals surface area contributed by atoms with E-state index in [1.807, 2.05) is 0 Å². The molecule has 0 spiro atoms. The summed E-state index contributed by atoms with van der Waals surface area (Å²) in [6.45, 7) is 0. The molecule has 1 N–H and O–H groups in total. The average Bonchev–Trinajstić information content (AvgIpc) is 2.46. The Morgan fingerprint density at radius 2 is 1.73 bits per heavy atom. The maximum absolute atomic E-state index is 12.7. The van der Waals surface area contributed by atoms with Crippen molar-refractivity contribution in [1.29, 1.82) is 0 Å². The normalized spacial score (nSPS) is 11.6. The summed E-state index contributed by atoms with van der Waals surface area (Å²) in [6.07, 6.45) is -4.40. The van der Waals surface area contributed by atoms with Gasteiger partial charge in [0, 0.05) is 11.1 Å². The molecule has 0 amide bonds. The van der Waals surface area contributed by atoms with E-state index >= 15 is 0 Å².